The molecule has 8 nitrogen and oxygen atoms in total. The van der Waals surface area contributed by atoms with E-state index in [4.69, 9.17) is 20.2 Å². The van der Waals surface area contributed by atoms with Crippen molar-refractivity contribution in [3.8, 4) is 22.8 Å². The van der Waals surface area contributed by atoms with Gasteiger partial charge in [0, 0.05) is 31.5 Å². The molecule has 4 heterocycles. The molecule has 0 bridgehead atoms. The first-order valence-electron chi connectivity index (χ1n) is 10.8. The van der Waals surface area contributed by atoms with E-state index in [1.54, 1.807) is 17.1 Å². The number of nitrogens with two attached hydrogens (primary N) is 1. The minimum absolute atomic E-state index is 0.151. The lowest BCUT2D eigenvalue weighted by Gasteiger charge is -2.27. The SMILES string of the molecule is Cc1cc(-c2cnc(N)c(-n3cc(OC4CCOCC4)cn3)n2)cc2c1CCN(C)C2. The van der Waals surface area contributed by atoms with Crippen LogP contribution in [-0.2, 0) is 17.7 Å². The Labute approximate surface area is 182 Å². The van der Waals surface area contributed by atoms with Gasteiger partial charge in [0.15, 0.2) is 17.4 Å². The lowest BCUT2D eigenvalue weighted by atomic mass is 9.92. The quantitative estimate of drug-likeness (QED) is 0.694. The third kappa shape index (κ3) is 4.13. The van der Waals surface area contributed by atoms with E-state index >= 15 is 0 Å². The lowest BCUT2D eigenvalue weighted by molar-refractivity contribution is 0.0255. The second kappa shape index (κ2) is 8.28. The summed E-state index contributed by atoms with van der Waals surface area (Å²) in [5, 5.41) is 4.42. The van der Waals surface area contributed by atoms with E-state index in [1.165, 1.54) is 16.7 Å². The molecule has 2 aromatic heterocycles. The molecule has 162 valence electrons. The maximum absolute atomic E-state index is 6.15. The highest BCUT2D eigenvalue weighted by Crippen LogP contribution is 2.29. The van der Waals surface area contributed by atoms with Gasteiger partial charge in [-0.25, -0.2) is 14.6 Å². The number of likely N-dealkylation sites (N-methyl/N-ethyl adjacent to an activating group) is 1. The number of hydrogen-bond donors (Lipinski definition) is 1. The molecule has 1 aromatic carbocycles. The maximum atomic E-state index is 6.15. The number of benzene rings is 1. The monoisotopic (exact) mass is 420 g/mol. The number of aryl methyl sites for hydroxylation is 1. The Morgan fingerprint density at radius 2 is 2.03 bits per heavy atom. The fraction of sp³-hybridized carbons (Fsp3) is 0.435. The number of ether oxygens (including phenoxy) is 2. The fourth-order valence-electron chi connectivity index (χ4n) is 4.37. The van der Waals surface area contributed by atoms with E-state index in [-0.39, 0.29) is 6.10 Å². The molecule has 0 saturated carbocycles. The average Bonchev–Trinajstić information content (AvgIpc) is 3.22. The summed E-state index contributed by atoms with van der Waals surface area (Å²) in [5.41, 5.74) is 12.1. The van der Waals surface area contributed by atoms with Crippen LogP contribution in [0.25, 0.3) is 17.1 Å². The topological polar surface area (TPSA) is 91.3 Å². The molecule has 0 radical (unpaired) electrons. The second-order valence-electron chi connectivity index (χ2n) is 8.43. The molecule has 31 heavy (non-hydrogen) atoms. The van der Waals surface area contributed by atoms with Crippen molar-refractivity contribution in [2.24, 2.45) is 0 Å². The summed E-state index contributed by atoms with van der Waals surface area (Å²) in [6, 6.07) is 4.42. The summed E-state index contributed by atoms with van der Waals surface area (Å²) in [4.78, 5) is 11.5. The molecule has 0 spiro atoms. The molecule has 1 fully saturated rings. The van der Waals surface area contributed by atoms with Crippen molar-refractivity contribution in [3.05, 3.63) is 47.4 Å². The molecule has 3 aromatic rings. The molecule has 2 N–H and O–H groups in total. The Hall–Kier alpha value is -2.97. The standard InChI is InChI=1S/C23H28N6O2/c1-15-9-16(10-17-13-28(2)6-3-20(15)17)21-12-25-22(24)23(27-21)29-14-19(11-26-29)31-18-4-7-30-8-5-18/h9-12,14,18H,3-8,13H2,1-2H3,(H2,24,25). The van der Waals surface area contributed by atoms with E-state index in [0.29, 0.717) is 17.4 Å². The predicted octanol–water partition coefficient (Wildman–Crippen LogP) is 2.77. The number of nitrogens with zero attached hydrogens (tertiary/aromatic N) is 5. The first-order chi connectivity index (χ1) is 15.1. The van der Waals surface area contributed by atoms with Crippen LogP contribution in [0.5, 0.6) is 5.75 Å². The summed E-state index contributed by atoms with van der Waals surface area (Å²) in [6.45, 7) is 5.68. The number of rotatable bonds is 4. The summed E-state index contributed by atoms with van der Waals surface area (Å²) >= 11 is 0. The van der Waals surface area contributed by atoms with E-state index in [2.05, 4.69) is 41.1 Å². The van der Waals surface area contributed by atoms with Crippen LogP contribution in [0.2, 0.25) is 0 Å². The fourth-order valence-corrected chi connectivity index (χ4v) is 4.37. The Bertz CT molecular complexity index is 1090. The third-order valence-corrected chi connectivity index (χ3v) is 6.07. The maximum Gasteiger partial charge on any atom is 0.197 e. The highest BCUT2D eigenvalue weighted by molar-refractivity contribution is 5.65. The smallest absolute Gasteiger partial charge is 0.197 e. The molecule has 0 amide bonds. The molecular weight excluding hydrogens is 392 g/mol. The summed E-state index contributed by atoms with van der Waals surface area (Å²) in [6.07, 6.45) is 8.24. The van der Waals surface area contributed by atoms with Crippen LogP contribution in [0.15, 0.2) is 30.7 Å². The Balaban J connectivity index is 1.44. The van der Waals surface area contributed by atoms with Crippen LogP contribution in [0, 0.1) is 6.92 Å². The summed E-state index contributed by atoms with van der Waals surface area (Å²) in [5.74, 6) is 1.54. The van der Waals surface area contributed by atoms with Gasteiger partial charge in [0.2, 0.25) is 0 Å². The first-order valence-corrected chi connectivity index (χ1v) is 10.8. The molecule has 2 aliphatic rings. The van der Waals surface area contributed by atoms with Crippen molar-refractivity contribution < 1.29 is 9.47 Å². The van der Waals surface area contributed by atoms with Crippen LogP contribution in [0.3, 0.4) is 0 Å². The first kappa shape index (κ1) is 20.0. The molecule has 1 saturated heterocycles. The molecule has 2 aliphatic heterocycles. The van der Waals surface area contributed by atoms with Crippen LogP contribution < -0.4 is 10.5 Å². The third-order valence-electron chi connectivity index (χ3n) is 6.07. The normalized spacial score (nSPS) is 17.5. The van der Waals surface area contributed by atoms with Gasteiger partial charge in [-0.05, 0) is 49.2 Å². The highest BCUT2D eigenvalue weighted by Gasteiger charge is 2.19. The van der Waals surface area contributed by atoms with Crippen LogP contribution in [0.1, 0.15) is 29.5 Å². The zero-order valence-electron chi connectivity index (χ0n) is 18.0. The van der Waals surface area contributed by atoms with Crippen molar-refractivity contribution in [1.82, 2.24) is 24.6 Å². The van der Waals surface area contributed by atoms with Crippen molar-refractivity contribution in [2.75, 3.05) is 32.5 Å². The number of fused-ring (bicyclic) bond motifs is 1. The van der Waals surface area contributed by atoms with Gasteiger partial charge in [-0.1, -0.05) is 0 Å². The zero-order valence-corrected chi connectivity index (χ0v) is 18.0. The van der Waals surface area contributed by atoms with Crippen molar-refractivity contribution in [1.29, 1.82) is 0 Å². The minimum Gasteiger partial charge on any atom is -0.487 e. The number of anilines is 1. The summed E-state index contributed by atoms with van der Waals surface area (Å²) < 4.78 is 13.1. The second-order valence-corrected chi connectivity index (χ2v) is 8.43. The Kier molecular flexibility index (Phi) is 5.33. The lowest BCUT2D eigenvalue weighted by Crippen LogP contribution is -2.27. The van der Waals surface area contributed by atoms with Gasteiger partial charge in [0.25, 0.3) is 0 Å². The zero-order chi connectivity index (χ0) is 21.4. The number of aromatic nitrogens is 4. The van der Waals surface area contributed by atoms with Gasteiger partial charge >= 0.3 is 0 Å². The van der Waals surface area contributed by atoms with E-state index in [1.807, 2.05) is 6.20 Å². The summed E-state index contributed by atoms with van der Waals surface area (Å²) in [7, 11) is 2.16. The van der Waals surface area contributed by atoms with Crippen molar-refractivity contribution in [3.63, 3.8) is 0 Å². The van der Waals surface area contributed by atoms with Gasteiger partial charge in [0.05, 0.1) is 37.5 Å². The molecule has 8 heteroatoms. The molecular formula is C23H28N6O2. The van der Waals surface area contributed by atoms with Crippen LogP contribution in [-0.4, -0.2) is 57.6 Å². The van der Waals surface area contributed by atoms with Gasteiger partial charge < -0.3 is 20.1 Å². The molecule has 0 atom stereocenters. The average molecular weight is 421 g/mol. The van der Waals surface area contributed by atoms with Crippen LogP contribution >= 0.6 is 0 Å². The van der Waals surface area contributed by atoms with Crippen LogP contribution in [0.4, 0.5) is 5.82 Å². The highest BCUT2D eigenvalue weighted by atomic mass is 16.5. The molecule has 0 unspecified atom stereocenters. The van der Waals surface area contributed by atoms with E-state index in [0.717, 1.165) is 56.8 Å². The minimum atomic E-state index is 0.151. The van der Waals surface area contributed by atoms with E-state index in [9.17, 15) is 0 Å². The Morgan fingerprint density at radius 1 is 1.19 bits per heavy atom. The molecule has 0 aliphatic carbocycles. The van der Waals surface area contributed by atoms with Gasteiger partial charge in [-0.2, -0.15) is 5.10 Å². The van der Waals surface area contributed by atoms with Gasteiger partial charge in [0.1, 0.15) is 6.10 Å². The largest absolute Gasteiger partial charge is 0.487 e. The Morgan fingerprint density at radius 3 is 2.87 bits per heavy atom. The predicted molar refractivity (Wildman–Crippen MR) is 118 cm³/mol. The van der Waals surface area contributed by atoms with Gasteiger partial charge in [-0.3, -0.25) is 0 Å². The van der Waals surface area contributed by atoms with Crippen molar-refractivity contribution >= 4 is 5.82 Å². The van der Waals surface area contributed by atoms with Crippen molar-refractivity contribution in [2.45, 2.75) is 38.8 Å². The van der Waals surface area contributed by atoms with E-state index < -0.39 is 0 Å². The number of hydrogen-bond acceptors (Lipinski definition) is 7. The molecule has 5 rings (SSSR count). The van der Waals surface area contributed by atoms with Gasteiger partial charge in [-0.15, -0.1) is 0 Å². The number of nitrogen functional groups attached to an aromatic ring is 1.